The van der Waals surface area contributed by atoms with Gasteiger partial charge in [0.1, 0.15) is 5.75 Å². The molecule has 5 nitrogen and oxygen atoms in total. The van der Waals surface area contributed by atoms with E-state index in [2.05, 4.69) is 24.8 Å². The maximum Gasteiger partial charge on any atom is 0.573 e. The number of benzene rings is 1. The number of guanidine groups is 1. The first kappa shape index (κ1) is 20.3. The minimum Gasteiger partial charge on any atom is -0.405 e. The molecule has 0 spiro atoms. The van der Waals surface area contributed by atoms with Gasteiger partial charge >= 0.3 is 6.36 Å². The highest BCUT2D eigenvalue weighted by molar-refractivity contribution is 5.81. The highest BCUT2D eigenvalue weighted by Gasteiger charge is 2.43. The van der Waals surface area contributed by atoms with Crippen molar-refractivity contribution in [1.82, 2.24) is 15.1 Å². The van der Waals surface area contributed by atoms with Gasteiger partial charge in [-0.25, -0.2) is 0 Å². The molecule has 1 aliphatic carbocycles. The summed E-state index contributed by atoms with van der Waals surface area (Å²) in [5.74, 6) is 0.794. The van der Waals surface area contributed by atoms with Gasteiger partial charge in [0.15, 0.2) is 5.96 Å². The molecule has 0 radical (unpaired) electrons. The van der Waals surface area contributed by atoms with E-state index < -0.39 is 6.36 Å². The van der Waals surface area contributed by atoms with Crippen LogP contribution in [-0.4, -0.2) is 66.9 Å². The van der Waals surface area contributed by atoms with Crippen LogP contribution in [0.3, 0.4) is 0 Å². The number of hydrogen-bond acceptors (Lipinski definition) is 3. The van der Waals surface area contributed by atoms with Crippen LogP contribution in [0.1, 0.15) is 44.1 Å². The Morgan fingerprint density at radius 2 is 1.97 bits per heavy atom. The van der Waals surface area contributed by atoms with E-state index in [9.17, 15) is 13.2 Å². The van der Waals surface area contributed by atoms with Crippen molar-refractivity contribution < 1.29 is 17.9 Å². The number of alkyl halides is 3. The monoisotopic (exact) mass is 410 g/mol. The van der Waals surface area contributed by atoms with Crippen molar-refractivity contribution in [3.05, 3.63) is 29.8 Å². The first-order valence-electron chi connectivity index (χ1n) is 10.6. The molecule has 1 aromatic carbocycles. The van der Waals surface area contributed by atoms with Gasteiger partial charge in [0.2, 0.25) is 0 Å². The van der Waals surface area contributed by atoms with Crippen LogP contribution in [0.2, 0.25) is 0 Å². The topological polar surface area (TPSA) is 40.1 Å². The summed E-state index contributed by atoms with van der Waals surface area (Å²) >= 11 is 0. The van der Waals surface area contributed by atoms with Crippen molar-refractivity contribution in [2.75, 3.05) is 32.7 Å². The Morgan fingerprint density at radius 3 is 2.69 bits per heavy atom. The number of nitrogens with zero attached hydrogens (tertiary/aromatic N) is 3. The Labute approximate surface area is 169 Å². The minimum atomic E-state index is -4.68. The zero-order valence-corrected chi connectivity index (χ0v) is 16.8. The van der Waals surface area contributed by atoms with Crippen molar-refractivity contribution in [2.45, 2.75) is 57.0 Å². The molecule has 1 saturated carbocycles. The SMILES string of the molecule is CCN=C(NC1CC1c1ccccc1OC(F)(F)F)N1CCC(N2CCCC2)C1. The van der Waals surface area contributed by atoms with Crippen LogP contribution in [-0.2, 0) is 0 Å². The molecule has 0 aromatic heterocycles. The Kier molecular flexibility index (Phi) is 5.90. The average molecular weight is 410 g/mol. The Hall–Kier alpha value is -1.96. The lowest BCUT2D eigenvalue weighted by Gasteiger charge is -2.25. The van der Waals surface area contributed by atoms with Crippen LogP contribution >= 0.6 is 0 Å². The number of likely N-dealkylation sites (tertiary alicyclic amines) is 2. The van der Waals surface area contributed by atoms with Gasteiger partial charge in [0.05, 0.1) is 0 Å². The summed E-state index contributed by atoms with van der Waals surface area (Å²) in [6, 6.07) is 7.11. The van der Waals surface area contributed by atoms with Gasteiger partial charge in [-0.3, -0.25) is 9.89 Å². The number of ether oxygens (including phenoxy) is 1. The lowest BCUT2D eigenvalue weighted by Crippen LogP contribution is -2.43. The first-order chi connectivity index (χ1) is 13.9. The van der Waals surface area contributed by atoms with Crippen LogP contribution in [0, 0.1) is 0 Å². The molecule has 3 atom stereocenters. The summed E-state index contributed by atoms with van der Waals surface area (Å²) in [5, 5.41) is 3.50. The lowest BCUT2D eigenvalue weighted by atomic mass is 10.1. The standard InChI is InChI=1S/C21H29F3N4O/c1-2-25-20(28-12-9-15(14-28)27-10-5-6-11-27)26-18-13-17(18)16-7-3-4-8-19(16)29-21(22,23)24/h3-4,7-8,15,17-18H,2,5-6,9-14H2,1H3,(H,25,26). The van der Waals surface area contributed by atoms with Crippen molar-refractivity contribution >= 4 is 5.96 Å². The molecular weight excluding hydrogens is 381 g/mol. The number of para-hydroxylation sites is 1. The van der Waals surface area contributed by atoms with Crippen LogP contribution in [0.15, 0.2) is 29.3 Å². The summed E-state index contributed by atoms with van der Waals surface area (Å²) in [5.41, 5.74) is 0.606. The second kappa shape index (κ2) is 8.42. The van der Waals surface area contributed by atoms with E-state index in [1.807, 2.05) is 6.92 Å². The van der Waals surface area contributed by atoms with Crippen molar-refractivity contribution in [3.63, 3.8) is 0 Å². The summed E-state index contributed by atoms with van der Waals surface area (Å²) in [4.78, 5) is 9.54. The largest absolute Gasteiger partial charge is 0.573 e. The Bertz CT molecular complexity index is 733. The third kappa shape index (κ3) is 4.97. The molecule has 2 aliphatic heterocycles. The summed E-state index contributed by atoms with van der Waals surface area (Å²) < 4.78 is 42.4. The smallest absolute Gasteiger partial charge is 0.405 e. The number of nitrogens with one attached hydrogen (secondary N) is 1. The normalized spacial score (nSPS) is 28.1. The van der Waals surface area contributed by atoms with Crippen LogP contribution in [0.5, 0.6) is 5.75 Å². The van der Waals surface area contributed by atoms with Crippen LogP contribution in [0.4, 0.5) is 13.2 Å². The first-order valence-corrected chi connectivity index (χ1v) is 10.6. The molecule has 160 valence electrons. The number of rotatable bonds is 5. The predicted molar refractivity (Wildman–Crippen MR) is 106 cm³/mol. The van der Waals surface area contributed by atoms with Gasteiger partial charge in [-0.15, -0.1) is 13.2 Å². The molecule has 3 fully saturated rings. The van der Waals surface area contributed by atoms with E-state index in [-0.39, 0.29) is 17.7 Å². The molecule has 8 heteroatoms. The highest BCUT2D eigenvalue weighted by Crippen LogP contribution is 2.45. The minimum absolute atomic E-state index is 0.00703. The number of aliphatic imine (C=N–C) groups is 1. The fourth-order valence-corrected chi connectivity index (χ4v) is 4.59. The molecule has 1 aromatic rings. The molecule has 0 amide bonds. The van der Waals surface area contributed by atoms with E-state index in [1.54, 1.807) is 18.2 Å². The van der Waals surface area contributed by atoms with Crippen LogP contribution < -0.4 is 10.1 Å². The van der Waals surface area contributed by atoms with E-state index >= 15 is 0 Å². The maximum atomic E-state index is 12.7. The molecular formula is C21H29F3N4O. The van der Waals surface area contributed by atoms with Crippen LogP contribution in [0.25, 0.3) is 0 Å². The van der Waals surface area contributed by atoms with Crippen molar-refractivity contribution in [2.24, 2.45) is 4.99 Å². The molecule has 1 N–H and O–H groups in total. The van der Waals surface area contributed by atoms with Gasteiger partial charge in [0, 0.05) is 37.6 Å². The predicted octanol–water partition coefficient (Wildman–Crippen LogP) is 3.58. The summed E-state index contributed by atoms with van der Waals surface area (Å²) in [7, 11) is 0. The zero-order valence-electron chi connectivity index (χ0n) is 16.8. The van der Waals surface area contributed by atoms with Gasteiger partial charge < -0.3 is 15.0 Å². The summed E-state index contributed by atoms with van der Waals surface area (Å²) in [6.45, 7) is 7.00. The third-order valence-corrected chi connectivity index (χ3v) is 6.08. The molecule has 29 heavy (non-hydrogen) atoms. The van der Waals surface area contributed by atoms with Crippen molar-refractivity contribution in [3.8, 4) is 5.75 Å². The van der Waals surface area contributed by atoms with Gasteiger partial charge in [-0.2, -0.15) is 0 Å². The molecule has 4 rings (SSSR count). The second-order valence-electron chi connectivity index (χ2n) is 8.11. The maximum absolute atomic E-state index is 12.7. The zero-order chi connectivity index (χ0) is 20.4. The number of hydrogen-bond donors (Lipinski definition) is 1. The molecule has 3 unspecified atom stereocenters. The van der Waals surface area contributed by atoms with E-state index in [1.165, 1.54) is 32.0 Å². The third-order valence-electron chi connectivity index (χ3n) is 6.08. The molecule has 3 aliphatic rings. The van der Waals surface area contributed by atoms with Gasteiger partial charge in [-0.05, 0) is 57.3 Å². The van der Waals surface area contributed by atoms with E-state index in [0.717, 1.165) is 31.9 Å². The number of halogens is 3. The quantitative estimate of drug-likeness (QED) is 0.595. The fraction of sp³-hybridized carbons (Fsp3) is 0.667. The Balaban J connectivity index is 1.38. The van der Waals surface area contributed by atoms with E-state index in [0.29, 0.717) is 18.2 Å². The second-order valence-corrected chi connectivity index (χ2v) is 8.11. The van der Waals surface area contributed by atoms with Gasteiger partial charge in [-0.1, -0.05) is 18.2 Å². The molecule has 0 bridgehead atoms. The lowest BCUT2D eigenvalue weighted by molar-refractivity contribution is -0.274. The van der Waals surface area contributed by atoms with Gasteiger partial charge in [0.25, 0.3) is 0 Å². The average Bonchev–Trinajstić information content (AvgIpc) is 3.08. The Morgan fingerprint density at radius 1 is 1.21 bits per heavy atom. The summed E-state index contributed by atoms with van der Waals surface area (Å²) in [6.07, 6.45) is -0.185. The van der Waals surface area contributed by atoms with Crippen molar-refractivity contribution in [1.29, 1.82) is 0 Å². The molecule has 2 saturated heterocycles. The van der Waals surface area contributed by atoms with E-state index in [4.69, 9.17) is 0 Å². The highest BCUT2D eigenvalue weighted by atomic mass is 19.4. The molecule has 2 heterocycles. The fourth-order valence-electron chi connectivity index (χ4n) is 4.59.